The molecule has 0 saturated heterocycles. The van der Waals surface area contributed by atoms with E-state index in [9.17, 15) is 18.0 Å². The number of benzene rings is 1. The molecule has 1 aromatic heterocycles. The van der Waals surface area contributed by atoms with Gasteiger partial charge in [-0.15, -0.1) is 24.9 Å². The van der Waals surface area contributed by atoms with Crippen molar-refractivity contribution < 1.29 is 22.7 Å². The van der Waals surface area contributed by atoms with Gasteiger partial charge in [0.1, 0.15) is 5.75 Å². The molecule has 4 nitrogen and oxygen atoms in total. The number of carbonyl (C=O) groups is 1. The summed E-state index contributed by atoms with van der Waals surface area (Å²) in [4.78, 5) is 16.1. The van der Waals surface area contributed by atoms with E-state index in [1.165, 1.54) is 30.1 Å². The number of ether oxygens (including phenoxy) is 1. The zero-order valence-corrected chi connectivity index (χ0v) is 12.2. The minimum atomic E-state index is -4.76. The fraction of sp³-hybridized carbons (Fsp3) is 0.143. The molecule has 8 heteroatoms. The molecule has 22 heavy (non-hydrogen) atoms. The van der Waals surface area contributed by atoms with Crippen molar-refractivity contribution in [1.82, 2.24) is 4.98 Å². The Labute approximate surface area is 128 Å². The largest absolute Gasteiger partial charge is 0.573 e. The Morgan fingerprint density at radius 2 is 1.86 bits per heavy atom. The van der Waals surface area contributed by atoms with Crippen LogP contribution in [-0.2, 0) is 0 Å². The molecular formula is C14H11F3N2O2S. The summed E-state index contributed by atoms with van der Waals surface area (Å²) >= 11 is 1.47. The molecule has 116 valence electrons. The van der Waals surface area contributed by atoms with Crippen LogP contribution < -0.4 is 10.1 Å². The van der Waals surface area contributed by atoms with Gasteiger partial charge in [-0.05, 0) is 42.7 Å². The van der Waals surface area contributed by atoms with Crippen LogP contribution in [0.15, 0.2) is 47.6 Å². The van der Waals surface area contributed by atoms with Crippen molar-refractivity contribution in [3.8, 4) is 5.75 Å². The smallest absolute Gasteiger partial charge is 0.406 e. The average molecular weight is 328 g/mol. The Morgan fingerprint density at radius 3 is 2.36 bits per heavy atom. The molecule has 1 amide bonds. The van der Waals surface area contributed by atoms with Gasteiger partial charge >= 0.3 is 6.36 Å². The van der Waals surface area contributed by atoms with Crippen molar-refractivity contribution in [1.29, 1.82) is 0 Å². The Balaban J connectivity index is 2.03. The van der Waals surface area contributed by atoms with Gasteiger partial charge in [-0.25, -0.2) is 4.98 Å². The number of aromatic nitrogens is 1. The minimum absolute atomic E-state index is 0.212. The lowest BCUT2D eigenvalue weighted by Gasteiger charge is -2.09. The van der Waals surface area contributed by atoms with Crippen molar-refractivity contribution in [2.45, 2.75) is 11.4 Å². The van der Waals surface area contributed by atoms with Crippen molar-refractivity contribution in [3.63, 3.8) is 0 Å². The number of hydrogen-bond donors (Lipinski definition) is 1. The fourth-order valence-corrected chi connectivity index (χ4v) is 1.95. The molecule has 1 N–H and O–H groups in total. The van der Waals surface area contributed by atoms with Crippen molar-refractivity contribution in [2.75, 3.05) is 11.6 Å². The molecular weight excluding hydrogens is 317 g/mol. The first kappa shape index (κ1) is 16.2. The van der Waals surface area contributed by atoms with E-state index in [4.69, 9.17) is 0 Å². The topological polar surface area (TPSA) is 51.2 Å². The van der Waals surface area contributed by atoms with E-state index in [1.54, 1.807) is 12.1 Å². The molecule has 0 fully saturated rings. The summed E-state index contributed by atoms with van der Waals surface area (Å²) in [5, 5.41) is 3.42. The second kappa shape index (κ2) is 6.69. The first-order valence-electron chi connectivity index (χ1n) is 6.04. The third-order valence-electron chi connectivity index (χ3n) is 2.55. The Kier molecular flexibility index (Phi) is 4.92. The van der Waals surface area contributed by atoms with Gasteiger partial charge in [0.2, 0.25) is 0 Å². The molecule has 0 saturated carbocycles. The highest BCUT2D eigenvalue weighted by molar-refractivity contribution is 7.98. The maximum atomic E-state index is 12.0. The van der Waals surface area contributed by atoms with Crippen LogP contribution >= 0.6 is 11.8 Å². The van der Waals surface area contributed by atoms with Crippen LogP contribution in [0.1, 0.15) is 10.4 Å². The van der Waals surface area contributed by atoms with Gasteiger partial charge in [-0.1, -0.05) is 0 Å². The van der Waals surface area contributed by atoms with E-state index < -0.39 is 12.3 Å². The van der Waals surface area contributed by atoms with E-state index in [-0.39, 0.29) is 11.3 Å². The molecule has 0 atom stereocenters. The third-order valence-corrected chi connectivity index (χ3v) is 3.21. The minimum Gasteiger partial charge on any atom is -0.406 e. The molecule has 0 aliphatic heterocycles. The number of nitrogens with zero attached hydrogens (tertiary/aromatic N) is 1. The third kappa shape index (κ3) is 4.66. The second-order valence-corrected chi connectivity index (χ2v) is 4.94. The lowest BCUT2D eigenvalue weighted by atomic mass is 10.2. The van der Waals surface area contributed by atoms with Crippen LogP contribution in [-0.4, -0.2) is 23.5 Å². The van der Waals surface area contributed by atoms with Crippen LogP contribution in [0.5, 0.6) is 5.75 Å². The van der Waals surface area contributed by atoms with Gasteiger partial charge in [0.05, 0.1) is 16.9 Å². The maximum Gasteiger partial charge on any atom is 0.573 e. The standard InChI is InChI=1S/C14H11F3N2O2S/c1-22-12-7-4-10(8-18-12)19-13(20)9-2-5-11(6-3-9)21-14(15,16)17/h2-8H,1H3,(H,19,20). The van der Waals surface area contributed by atoms with Crippen molar-refractivity contribution in [2.24, 2.45) is 0 Å². The lowest BCUT2D eigenvalue weighted by molar-refractivity contribution is -0.274. The maximum absolute atomic E-state index is 12.0. The molecule has 0 radical (unpaired) electrons. The van der Waals surface area contributed by atoms with E-state index in [0.717, 1.165) is 17.2 Å². The number of carbonyl (C=O) groups excluding carboxylic acids is 1. The predicted molar refractivity (Wildman–Crippen MR) is 77.1 cm³/mol. The summed E-state index contributed by atoms with van der Waals surface area (Å²) in [6.45, 7) is 0. The van der Waals surface area contributed by atoms with Crippen molar-refractivity contribution >= 4 is 23.4 Å². The summed E-state index contributed by atoms with van der Waals surface area (Å²) in [5.74, 6) is -0.827. The lowest BCUT2D eigenvalue weighted by Crippen LogP contribution is -2.17. The summed E-state index contributed by atoms with van der Waals surface area (Å²) in [6.07, 6.45) is -1.37. The predicted octanol–water partition coefficient (Wildman–Crippen LogP) is 3.95. The van der Waals surface area contributed by atoms with Gasteiger partial charge in [0.15, 0.2) is 0 Å². The van der Waals surface area contributed by atoms with Gasteiger partial charge in [0, 0.05) is 5.56 Å². The second-order valence-electron chi connectivity index (χ2n) is 4.12. The molecule has 1 heterocycles. The highest BCUT2D eigenvalue weighted by atomic mass is 32.2. The normalized spacial score (nSPS) is 11.1. The van der Waals surface area contributed by atoms with Crippen LogP contribution in [0.25, 0.3) is 0 Å². The summed E-state index contributed by atoms with van der Waals surface area (Å²) in [6, 6.07) is 8.10. The van der Waals surface area contributed by atoms with Crippen LogP contribution in [0.2, 0.25) is 0 Å². The quantitative estimate of drug-likeness (QED) is 0.863. The summed E-state index contributed by atoms with van der Waals surface area (Å²) < 4.78 is 39.9. The van der Waals surface area contributed by atoms with Crippen LogP contribution in [0.4, 0.5) is 18.9 Å². The molecule has 0 aliphatic rings. The number of hydrogen-bond acceptors (Lipinski definition) is 4. The monoisotopic (exact) mass is 328 g/mol. The molecule has 0 spiro atoms. The molecule has 0 aliphatic carbocycles. The number of alkyl halides is 3. The Bertz CT molecular complexity index is 643. The summed E-state index contributed by atoms with van der Waals surface area (Å²) in [7, 11) is 0. The number of anilines is 1. The first-order chi connectivity index (χ1) is 10.4. The molecule has 2 aromatic rings. The highest BCUT2D eigenvalue weighted by Gasteiger charge is 2.31. The number of pyridine rings is 1. The first-order valence-corrected chi connectivity index (χ1v) is 7.27. The number of nitrogens with one attached hydrogen (secondary N) is 1. The van der Waals surface area contributed by atoms with Gasteiger partial charge < -0.3 is 10.1 Å². The zero-order valence-electron chi connectivity index (χ0n) is 11.3. The van der Waals surface area contributed by atoms with E-state index in [2.05, 4.69) is 15.0 Å². The average Bonchev–Trinajstić information content (AvgIpc) is 2.47. The Hall–Kier alpha value is -2.22. The number of thioether (sulfide) groups is 1. The highest BCUT2D eigenvalue weighted by Crippen LogP contribution is 2.23. The van der Waals surface area contributed by atoms with Crippen LogP contribution in [0, 0.1) is 0 Å². The summed E-state index contributed by atoms with van der Waals surface area (Å²) in [5.41, 5.74) is 0.710. The zero-order chi connectivity index (χ0) is 16.2. The fourth-order valence-electron chi connectivity index (χ4n) is 1.59. The van der Waals surface area contributed by atoms with Crippen molar-refractivity contribution in [3.05, 3.63) is 48.2 Å². The molecule has 0 bridgehead atoms. The number of rotatable bonds is 4. The van der Waals surface area contributed by atoms with Gasteiger partial charge in [0.25, 0.3) is 5.91 Å². The number of halogens is 3. The SMILES string of the molecule is CSc1ccc(NC(=O)c2ccc(OC(F)(F)F)cc2)cn1. The molecule has 2 rings (SSSR count). The molecule has 1 aromatic carbocycles. The van der Waals surface area contributed by atoms with E-state index in [1.807, 2.05) is 6.26 Å². The number of amides is 1. The van der Waals surface area contributed by atoms with Crippen LogP contribution in [0.3, 0.4) is 0 Å². The van der Waals surface area contributed by atoms with Gasteiger partial charge in [-0.2, -0.15) is 0 Å². The van der Waals surface area contributed by atoms with E-state index >= 15 is 0 Å². The van der Waals surface area contributed by atoms with Gasteiger partial charge in [-0.3, -0.25) is 4.79 Å². The Morgan fingerprint density at radius 1 is 1.18 bits per heavy atom. The van der Waals surface area contributed by atoms with E-state index in [0.29, 0.717) is 5.69 Å². The molecule has 0 unspecified atom stereocenters.